The molecule has 9 heteroatoms. The van der Waals surface area contributed by atoms with Crippen molar-refractivity contribution < 1.29 is 31.1 Å². The van der Waals surface area contributed by atoms with Gasteiger partial charge in [-0.2, -0.15) is 26.3 Å². The molecule has 0 saturated carbocycles. The standard InChI is InChI=1S/C6H7F6NOS/c7-5(8,9)4(6(10,11)12)14-2-1-3(13)15/h4H,1-2H2,(H2,13,15). The molecule has 0 heterocycles. The van der Waals surface area contributed by atoms with Gasteiger partial charge in [-0.05, 0) is 0 Å². The third kappa shape index (κ3) is 5.78. The fourth-order valence-corrected chi connectivity index (χ4v) is 0.735. The summed E-state index contributed by atoms with van der Waals surface area (Å²) in [4.78, 5) is -0.210. The summed E-state index contributed by atoms with van der Waals surface area (Å²) in [5.41, 5.74) is 4.89. The third-order valence-corrected chi connectivity index (χ3v) is 1.43. The van der Waals surface area contributed by atoms with Gasteiger partial charge in [0.1, 0.15) is 0 Å². The van der Waals surface area contributed by atoms with Gasteiger partial charge < -0.3 is 10.5 Å². The molecular weight excluding hydrogens is 248 g/mol. The van der Waals surface area contributed by atoms with Crippen molar-refractivity contribution in [1.29, 1.82) is 0 Å². The van der Waals surface area contributed by atoms with Crippen molar-refractivity contribution in [1.82, 2.24) is 0 Å². The van der Waals surface area contributed by atoms with Crippen molar-refractivity contribution >= 4 is 17.2 Å². The second kappa shape index (κ2) is 4.97. The molecule has 0 rings (SSSR count). The summed E-state index contributed by atoms with van der Waals surface area (Å²) < 4.78 is 74.7. The Morgan fingerprint density at radius 1 is 1.13 bits per heavy atom. The lowest BCUT2D eigenvalue weighted by Gasteiger charge is -2.22. The summed E-state index contributed by atoms with van der Waals surface area (Å²) in [6.07, 6.45) is -15.1. The maximum atomic E-state index is 11.8. The van der Waals surface area contributed by atoms with Gasteiger partial charge in [0.2, 0.25) is 6.10 Å². The lowest BCUT2D eigenvalue weighted by molar-refractivity contribution is -0.321. The van der Waals surface area contributed by atoms with Crippen LogP contribution in [0.3, 0.4) is 0 Å². The van der Waals surface area contributed by atoms with E-state index in [4.69, 9.17) is 5.73 Å². The summed E-state index contributed by atoms with van der Waals surface area (Å²) in [5, 5.41) is 0. The van der Waals surface area contributed by atoms with Crippen molar-refractivity contribution in [3.8, 4) is 0 Å². The molecule has 0 aromatic heterocycles. The molecule has 0 aromatic carbocycles. The monoisotopic (exact) mass is 255 g/mol. The van der Waals surface area contributed by atoms with Crippen LogP contribution in [0.25, 0.3) is 0 Å². The normalized spacial score (nSPS) is 13.3. The van der Waals surface area contributed by atoms with Gasteiger partial charge in [0, 0.05) is 6.42 Å². The summed E-state index contributed by atoms with van der Waals surface area (Å²) >= 11 is 4.27. The molecule has 0 unspecified atom stereocenters. The Kier molecular flexibility index (Phi) is 4.78. The first-order valence-electron chi connectivity index (χ1n) is 3.58. The minimum atomic E-state index is -5.49. The molecule has 2 N–H and O–H groups in total. The van der Waals surface area contributed by atoms with Crippen LogP contribution in [0, 0.1) is 0 Å². The lowest BCUT2D eigenvalue weighted by Crippen LogP contribution is -2.44. The van der Waals surface area contributed by atoms with E-state index in [9.17, 15) is 26.3 Å². The van der Waals surface area contributed by atoms with E-state index in [1.54, 1.807) is 0 Å². The Morgan fingerprint density at radius 2 is 1.53 bits per heavy atom. The quantitative estimate of drug-likeness (QED) is 0.617. The Morgan fingerprint density at radius 3 is 1.80 bits per heavy atom. The van der Waals surface area contributed by atoms with Crippen LogP contribution in [0.4, 0.5) is 26.3 Å². The first-order chi connectivity index (χ1) is 6.55. The van der Waals surface area contributed by atoms with Crippen molar-refractivity contribution in [2.75, 3.05) is 6.61 Å². The number of halogens is 6. The fourth-order valence-electron chi connectivity index (χ4n) is 0.652. The van der Waals surface area contributed by atoms with Gasteiger partial charge in [-0.25, -0.2) is 0 Å². The highest BCUT2D eigenvalue weighted by atomic mass is 32.1. The van der Waals surface area contributed by atoms with Crippen LogP contribution in [-0.4, -0.2) is 30.1 Å². The maximum absolute atomic E-state index is 11.8. The molecule has 90 valence electrons. The summed E-state index contributed by atoms with van der Waals surface area (Å²) in [5.74, 6) is 0. The zero-order chi connectivity index (χ0) is 12.3. The smallest absolute Gasteiger partial charge is 0.393 e. The zero-order valence-corrected chi connectivity index (χ0v) is 7.97. The molecule has 0 aliphatic rings. The molecule has 0 bridgehead atoms. The van der Waals surface area contributed by atoms with Gasteiger partial charge in [-0.15, -0.1) is 0 Å². The molecule has 0 fully saturated rings. The Hall–Kier alpha value is -0.570. The predicted molar refractivity (Wildman–Crippen MR) is 43.3 cm³/mol. The molecule has 15 heavy (non-hydrogen) atoms. The molecule has 0 atom stereocenters. The highest BCUT2D eigenvalue weighted by molar-refractivity contribution is 7.80. The second-order valence-electron chi connectivity index (χ2n) is 2.55. The largest absolute Gasteiger partial charge is 0.423 e. The lowest BCUT2D eigenvalue weighted by atomic mass is 10.3. The van der Waals surface area contributed by atoms with Gasteiger partial charge in [0.25, 0.3) is 0 Å². The van der Waals surface area contributed by atoms with E-state index >= 15 is 0 Å². The summed E-state index contributed by atoms with van der Waals surface area (Å²) in [7, 11) is 0. The second-order valence-corrected chi connectivity index (χ2v) is 3.07. The van der Waals surface area contributed by atoms with Crippen LogP contribution in [0.15, 0.2) is 0 Å². The van der Waals surface area contributed by atoms with Crippen LogP contribution in [0.5, 0.6) is 0 Å². The maximum Gasteiger partial charge on any atom is 0.423 e. The third-order valence-electron chi connectivity index (χ3n) is 1.23. The SMILES string of the molecule is NC(=S)CCOC(C(F)(F)F)C(F)(F)F. The Balaban J connectivity index is 4.35. The molecule has 0 spiro atoms. The molecule has 0 aromatic rings. The van der Waals surface area contributed by atoms with Crippen LogP contribution in [-0.2, 0) is 4.74 Å². The Labute approximate surface area is 86.4 Å². The van der Waals surface area contributed by atoms with Crippen LogP contribution >= 0.6 is 12.2 Å². The van der Waals surface area contributed by atoms with E-state index in [1.165, 1.54) is 0 Å². The number of hydrogen-bond donors (Lipinski definition) is 1. The number of nitrogens with two attached hydrogens (primary N) is 1. The van der Waals surface area contributed by atoms with Gasteiger partial charge in [0.15, 0.2) is 0 Å². The van der Waals surface area contributed by atoms with E-state index in [-0.39, 0.29) is 11.4 Å². The van der Waals surface area contributed by atoms with E-state index in [0.717, 1.165) is 0 Å². The van der Waals surface area contributed by atoms with Crippen LogP contribution in [0.2, 0.25) is 0 Å². The van der Waals surface area contributed by atoms with E-state index < -0.39 is 25.1 Å². The molecular formula is C6H7F6NOS. The van der Waals surface area contributed by atoms with E-state index in [0.29, 0.717) is 0 Å². The molecule has 0 aliphatic carbocycles. The number of thiocarbonyl (C=S) groups is 1. The summed E-state index contributed by atoms with van der Waals surface area (Å²) in [6, 6.07) is 0. The van der Waals surface area contributed by atoms with E-state index in [1.807, 2.05) is 0 Å². The number of ether oxygens (including phenoxy) is 1. The van der Waals surface area contributed by atoms with Gasteiger partial charge >= 0.3 is 12.4 Å². The fraction of sp³-hybridized carbons (Fsp3) is 0.833. The van der Waals surface area contributed by atoms with Gasteiger partial charge in [-0.3, -0.25) is 0 Å². The van der Waals surface area contributed by atoms with Crippen molar-refractivity contribution in [3.63, 3.8) is 0 Å². The predicted octanol–water partition coefficient (Wildman–Crippen LogP) is 2.17. The van der Waals surface area contributed by atoms with Gasteiger partial charge in [-0.1, -0.05) is 12.2 Å². The number of alkyl halides is 6. The highest BCUT2D eigenvalue weighted by Crippen LogP contribution is 2.35. The summed E-state index contributed by atoms with van der Waals surface area (Å²) in [6.45, 7) is -0.820. The minimum Gasteiger partial charge on any atom is -0.393 e. The minimum absolute atomic E-state index is 0.210. The average molecular weight is 255 g/mol. The number of rotatable bonds is 4. The zero-order valence-electron chi connectivity index (χ0n) is 7.15. The van der Waals surface area contributed by atoms with E-state index in [2.05, 4.69) is 17.0 Å². The van der Waals surface area contributed by atoms with Crippen LogP contribution < -0.4 is 5.73 Å². The first-order valence-corrected chi connectivity index (χ1v) is 3.99. The molecule has 2 nitrogen and oxygen atoms in total. The number of hydrogen-bond acceptors (Lipinski definition) is 2. The average Bonchev–Trinajstić information content (AvgIpc) is 1.92. The Bertz CT molecular complexity index is 211. The molecule has 0 saturated heterocycles. The molecule has 0 radical (unpaired) electrons. The topological polar surface area (TPSA) is 35.2 Å². The van der Waals surface area contributed by atoms with Crippen LogP contribution in [0.1, 0.15) is 6.42 Å². The van der Waals surface area contributed by atoms with Crippen molar-refractivity contribution in [2.45, 2.75) is 24.9 Å². The molecule has 0 amide bonds. The van der Waals surface area contributed by atoms with Crippen molar-refractivity contribution in [2.24, 2.45) is 5.73 Å². The molecule has 0 aliphatic heterocycles. The van der Waals surface area contributed by atoms with Crippen molar-refractivity contribution in [3.05, 3.63) is 0 Å². The highest BCUT2D eigenvalue weighted by Gasteiger charge is 2.57. The van der Waals surface area contributed by atoms with Gasteiger partial charge in [0.05, 0.1) is 11.6 Å². The first kappa shape index (κ1) is 14.4.